The molecule has 2 aromatic rings. The average molecular weight is 491 g/mol. The van der Waals surface area contributed by atoms with Crippen LogP contribution in [0.4, 0.5) is 25.9 Å². The van der Waals surface area contributed by atoms with Crippen molar-refractivity contribution in [3.8, 4) is 0 Å². The zero-order valence-electron chi connectivity index (χ0n) is 20.4. The third-order valence-electron chi connectivity index (χ3n) is 6.43. The van der Waals surface area contributed by atoms with Gasteiger partial charge >= 0.3 is 14.0 Å². The van der Waals surface area contributed by atoms with Gasteiger partial charge in [-0.15, -0.1) is 0 Å². The van der Waals surface area contributed by atoms with E-state index < -0.39 is 35.9 Å². The van der Waals surface area contributed by atoms with Crippen molar-refractivity contribution in [2.75, 3.05) is 0 Å². The molecule has 1 heterocycles. The molecule has 0 fully saturated rings. The normalized spacial score (nSPS) is 12.9. The Morgan fingerprint density at radius 3 is 1.32 bits per heavy atom. The van der Waals surface area contributed by atoms with Crippen LogP contribution in [0.1, 0.15) is 110 Å². The van der Waals surface area contributed by atoms with Gasteiger partial charge in [-0.3, -0.25) is 0 Å². The van der Waals surface area contributed by atoms with E-state index in [1.54, 1.807) is 0 Å². The van der Waals surface area contributed by atoms with E-state index in [0.29, 0.717) is 25.0 Å². The van der Waals surface area contributed by atoms with E-state index in [0.717, 1.165) is 81.8 Å². The highest BCUT2D eigenvalue weighted by Crippen LogP contribution is 2.25. The van der Waals surface area contributed by atoms with Gasteiger partial charge in [0.25, 0.3) is 0 Å². The van der Waals surface area contributed by atoms with Crippen LogP contribution in [0.5, 0.6) is 0 Å². The fourth-order valence-electron chi connectivity index (χ4n) is 4.44. The predicted molar refractivity (Wildman–Crippen MR) is 130 cm³/mol. The quantitative estimate of drug-likeness (QED) is 0.130. The van der Waals surface area contributed by atoms with E-state index in [4.69, 9.17) is 0 Å². The van der Waals surface area contributed by atoms with Crippen LogP contribution >= 0.6 is 0 Å². The lowest BCUT2D eigenvalue weighted by Crippen LogP contribution is -2.40. The second-order valence-electron chi connectivity index (χ2n) is 9.38. The molecule has 34 heavy (non-hydrogen) atoms. The fourth-order valence-corrected chi connectivity index (χ4v) is 4.44. The highest BCUT2D eigenvalue weighted by Gasteiger charge is 2.35. The molecule has 0 saturated heterocycles. The van der Waals surface area contributed by atoms with Crippen LogP contribution in [0, 0.1) is 0 Å². The molecule has 0 amide bonds. The van der Waals surface area contributed by atoms with Crippen LogP contribution in [0.25, 0.3) is 11.0 Å². The zero-order valence-corrected chi connectivity index (χ0v) is 20.4. The van der Waals surface area contributed by atoms with Gasteiger partial charge in [0.05, 0.1) is 17.1 Å². The summed E-state index contributed by atoms with van der Waals surface area (Å²) in [7, 11) is 0. The highest BCUT2D eigenvalue weighted by atomic mass is 19.4. The molecule has 0 aliphatic rings. The van der Waals surface area contributed by atoms with Crippen molar-refractivity contribution in [3.05, 3.63) is 12.1 Å². The van der Waals surface area contributed by atoms with Crippen LogP contribution < -0.4 is 10.9 Å². The van der Waals surface area contributed by atoms with Gasteiger partial charge in [0.1, 0.15) is 0 Å². The number of rotatable bonds is 17. The van der Waals surface area contributed by atoms with Gasteiger partial charge in [0.15, 0.2) is 0 Å². The molecule has 0 spiro atoms. The molecular weight excluding hydrogens is 454 g/mol. The summed E-state index contributed by atoms with van der Waals surface area (Å²) in [5, 5.41) is 8.04. The number of hydrogen-bond acceptors (Lipinski definition) is 2. The van der Waals surface area contributed by atoms with Gasteiger partial charge in [0.2, 0.25) is 0 Å². The van der Waals surface area contributed by atoms with Gasteiger partial charge in [-0.1, -0.05) is 114 Å². The largest absolute Gasteiger partial charge is 0.511 e. The van der Waals surface area contributed by atoms with Crippen LogP contribution in [0.3, 0.4) is 0 Å². The van der Waals surface area contributed by atoms with Crippen LogP contribution in [-0.2, 0) is 0 Å². The molecule has 0 bridgehead atoms. The Hall–Kier alpha value is -1.67. The summed E-state index contributed by atoms with van der Waals surface area (Å²) in [4.78, 5) is 1.15. The van der Waals surface area contributed by atoms with Gasteiger partial charge < -0.3 is 25.9 Å². The fraction of sp³-hybridized carbons (Fsp3) is 0.739. The smallest absolute Gasteiger partial charge is 0.445 e. The van der Waals surface area contributed by atoms with Gasteiger partial charge in [-0.25, -0.2) is 0 Å². The molecule has 0 radical (unpaired) electrons. The highest BCUT2D eigenvalue weighted by molar-refractivity contribution is 6.78. The van der Waals surface area contributed by atoms with Crippen molar-refractivity contribution in [2.24, 2.45) is 0 Å². The summed E-state index contributed by atoms with van der Waals surface area (Å²) >= 11 is 0. The first-order valence-corrected chi connectivity index (χ1v) is 12.9. The maximum Gasteiger partial charge on any atom is 0.511 e. The SMILES string of the molecule is CCCCCCCCC(CCCCCCCC)n1nc2c([B-](F)(F)F)ccc([B-](F)(F)F)c2n1. The number of halogens is 6. The van der Waals surface area contributed by atoms with Gasteiger partial charge in [-0.2, -0.15) is 15.0 Å². The molecule has 2 rings (SSSR count). The average Bonchev–Trinajstić information content (AvgIpc) is 3.19. The summed E-state index contributed by atoms with van der Waals surface area (Å²) in [5.74, 6) is 0. The van der Waals surface area contributed by atoms with Crippen molar-refractivity contribution < 1.29 is 25.9 Å². The number of fused-ring (bicyclic) bond motifs is 1. The summed E-state index contributed by atoms with van der Waals surface area (Å²) < 4.78 is 81.4. The van der Waals surface area contributed by atoms with E-state index in [2.05, 4.69) is 24.0 Å². The summed E-state index contributed by atoms with van der Waals surface area (Å²) in [6, 6.07) is 0.706. The maximum atomic E-state index is 13.6. The monoisotopic (exact) mass is 491 g/mol. The molecule has 0 unspecified atom stereocenters. The van der Waals surface area contributed by atoms with Gasteiger partial charge in [0, 0.05) is 0 Å². The number of hydrogen-bond donors (Lipinski definition) is 0. The predicted octanol–water partition coefficient (Wildman–Crippen LogP) is 7.58. The van der Waals surface area contributed by atoms with E-state index >= 15 is 0 Å². The van der Waals surface area contributed by atoms with Crippen molar-refractivity contribution in [1.82, 2.24) is 15.0 Å². The Bertz CT molecular complexity index is 800. The second kappa shape index (κ2) is 13.4. The molecule has 3 nitrogen and oxygen atoms in total. The summed E-state index contributed by atoms with van der Waals surface area (Å²) in [6.45, 7) is -6.74. The molecule has 11 heteroatoms. The topological polar surface area (TPSA) is 30.7 Å². The lowest BCUT2D eigenvalue weighted by molar-refractivity contribution is 0.337. The first-order valence-electron chi connectivity index (χ1n) is 12.9. The number of nitrogens with zero attached hydrogens (tertiary/aromatic N) is 3. The zero-order chi connectivity index (χ0) is 25.2. The van der Waals surface area contributed by atoms with Crippen molar-refractivity contribution in [2.45, 2.75) is 110 Å². The first-order chi connectivity index (χ1) is 16.1. The van der Waals surface area contributed by atoms with Crippen LogP contribution in [-0.4, -0.2) is 28.9 Å². The molecule has 194 valence electrons. The summed E-state index contributed by atoms with van der Waals surface area (Å²) in [5.41, 5.74) is -3.58. The minimum Gasteiger partial charge on any atom is -0.445 e. The standard InChI is InChI=1S/C23H37B2F6N3/c1-3-5-7-9-11-13-15-19(16-14-12-10-8-6-4-2)34-32-22-20(24(26,27)28)17-18-21(23(22)33-34)25(29,30)31/h17-19H,3-16H2,1-2H3/q-2. The van der Waals surface area contributed by atoms with E-state index in [-0.39, 0.29) is 6.04 Å². The lowest BCUT2D eigenvalue weighted by atomic mass is 9.73. The third kappa shape index (κ3) is 8.52. The Labute approximate surface area is 199 Å². The van der Waals surface area contributed by atoms with Crippen molar-refractivity contribution >= 4 is 35.9 Å². The minimum atomic E-state index is -5.51. The molecular formula is C23H37B2F6N3-2. The van der Waals surface area contributed by atoms with E-state index in [9.17, 15) is 25.9 Å². The third-order valence-corrected chi connectivity index (χ3v) is 6.43. The summed E-state index contributed by atoms with van der Waals surface area (Å²) in [6.07, 6.45) is 14.0. The molecule has 0 aliphatic heterocycles. The second-order valence-corrected chi connectivity index (χ2v) is 9.38. The van der Waals surface area contributed by atoms with Crippen molar-refractivity contribution in [1.29, 1.82) is 0 Å². The molecule has 0 aliphatic carbocycles. The molecule has 0 saturated carbocycles. The molecule has 1 aromatic carbocycles. The van der Waals surface area contributed by atoms with Gasteiger partial charge in [-0.05, 0) is 12.8 Å². The molecule has 0 atom stereocenters. The number of aromatic nitrogens is 3. The maximum absolute atomic E-state index is 13.6. The Balaban J connectivity index is 2.27. The van der Waals surface area contributed by atoms with E-state index in [1.807, 2.05) is 0 Å². The van der Waals surface area contributed by atoms with Crippen LogP contribution in [0.15, 0.2) is 12.1 Å². The first kappa shape index (κ1) is 28.6. The lowest BCUT2D eigenvalue weighted by Gasteiger charge is -2.19. The Morgan fingerprint density at radius 2 is 0.971 bits per heavy atom. The van der Waals surface area contributed by atoms with E-state index in [1.165, 1.54) is 0 Å². The Kier molecular flexibility index (Phi) is 11.3. The van der Waals surface area contributed by atoms with Crippen molar-refractivity contribution in [3.63, 3.8) is 0 Å². The molecule has 0 N–H and O–H groups in total. The minimum absolute atomic E-state index is 0.299. The number of unbranched alkanes of at least 4 members (excludes halogenated alkanes) is 10. The number of benzene rings is 1. The Morgan fingerprint density at radius 1 is 0.618 bits per heavy atom. The van der Waals surface area contributed by atoms with Crippen LogP contribution in [0.2, 0.25) is 0 Å². The molecule has 1 aromatic heterocycles.